The van der Waals surface area contributed by atoms with Crippen LogP contribution in [-0.4, -0.2) is 34.9 Å². The van der Waals surface area contributed by atoms with E-state index in [1.54, 1.807) is 18.3 Å². The number of nitrogens with zero attached hydrogens (tertiary/aromatic N) is 3. The van der Waals surface area contributed by atoms with Gasteiger partial charge in [0, 0.05) is 31.2 Å². The number of carbonyl (C=O) groups excluding carboxylic acids is 2. The molecule has 3 aromatic rings. The van der Waals surface area contributed by atoms with Crippen molar-refractivity contribution in [2.45, 2.75) is 32.4 Å². The highest BCUT2D eigenvalue weighted by atomic mass is 32.1. The standard InChI is InChI=1S/C23H24N4O3S/c28-20(25-14-17-7-2-1-3-8-17)13-21-26-18(16-31-21)15-30-23(29)19-9-6-10-24-22(19)27-11-4-5-12-27/h1-3,6-10,16H,4-5,11-15H2,(H,25,28). The molecular formula is C23H24N4O3S. The molecule has 0 bridgehead atoms. The van der Waals surface area contributed by atoms with Crippen LogP contribution < -0.4 is 10.2 Å². The van der Waals surface area contributed by atoms with E-state index in [9.17, 15) is 9.59 Å². The number of ether oxygens (including phenoxy) is 1. The van der Waals surface area contributed by atoms with Crippen molar-refractivity contribution >= 4 is 29.0 Å². The summed E-state index contributed by atoms with van der Waals surface area (Å²) in [7, 11) is 0. The predicted molar refractivity (Wildman–Crippen MR) is 119 cm³/mol. The zero-order chi connectivity index (χ0) is 21.5. The molecule has 2 aromatic heterocycles. The van der Waals surface area contributed by atoms with Crippen molar-refractivity contribution in [2.75, 3.05) is 18.0 Å². The van der Waals surface area contributed by atoms with Gasteiger partial charge in [0.05, 0.1) is 12.1 Å². The van der Waals surface area contributed by atoms with Crippen LogP contribution in [0, 0.1) is 0 Å². The molecule has 160 valence electrons. The number of hydrogen-bond acceptors (Lipinski definition) is 7. The zero-order valence-electron chi connectivity index (χ0n) is 17.1. The number of pyridine rings is 1. The van der Waals surface area contributed by atoms with E-state index in [1.165, 1.54) is 11.3 Å². The molecule has 1 amide bonds. The van der Waals surface area contributed by atoms with Crippen molar-refractivity contribution in [3.8, 4) is 0 Å². The Balaban J connectivity index is 1.28. The van der Waals surface area contributed by atoms with Gasteiger partial charge >= 0.3 is 5.97 Å². The molecule has 4 rings (SSSR count). The first-order valence-corrected chi connectivity index (χ1v) is 11.2. The second-order valence-corrected chi connectivity index (χ2v) is 8.26. The van der Waals surface area contributed by atoms with E-state index in [-0.39, 0.29) is 18.9 Å². The average Bonchev–Trinajstić information content (AvgIpc) is 3.49. The molecule has 31 heavy (non-hydrogen) atoms. The molecule has 7 nitrogen and oxygen atoms in total. The first kappa shape index (κ1) is 21.0. The summed E-state index contributed by atoms with van der Waals surface area (Å²) in [5.41, 5.74) is 2.15. The first-order valence-electron chi connectivity index (χ1n) is 10.3. The van der Waals surface area contributed by atoms with Crippen LogP contribution >= 0.6 is 11.3 Å². The Labute approximate surface area is 185 Å². The number of rotatable bonds is 8. The molecule has 0 spiro atoms. The molecule has 1 N–H and O–H groups in total. The molecule has 0 aliphatic carbocycles. The van der Waals surface area contributed by atoms with Crippen LogP contribution in [0.1, 0.15) is 39.5 Å². The number of anilines is 1. The van der Waals surface area contributed by atoms with Crippen LogP contribution in [0.5, 0.6) is 0 Å². The summed E-state index contributed by atoms with van der Waals surface area (Å²) in [6, 6.07) is 13.2. The number of hydrogen-bond donors (Lipinski definition) is 1. The third kappa shape index (κ3) is 5.67. The molecule has 1 fully saturated rings. The number of esters is 1. The van der Waals surface area contributed by atoms with Gasteiger partial charge in [0.25, 0.3) is 0 Å². The second-order valence-electron chi connectivity index (χ2n) is 7.32. The molecule has 8 heteroatoms. The van der Waals surface area contributed by atoms with Gasteiger partial charge in [-0.15, -0.1) is 11.3 Å². The van der Waals surface area contributed by atoms with Crippen LogP contribution in [0.3, 0.4) is 0 Å². The zero-order valence-corrected chi connectivity index (χ0v) is 17.9. The van der Waals surface area contributed by atoms with Crippen molar-refractivity contribution < 1.29 is 14.3 Å². The Morgan fingerprint density at radius 2 is 1.90 bits per heavy atom. The lowest BCUT2D eigenvalue weighted by Crippen LogP contribution is -2.24. The maximum Gasteiger partial charge on any atom is 0.342 e. The summed E-state index contributed by atoms with van der Waals surface area (Å²) in [5.74, 6) is 0.177. The van der Waals surface area contributed by atoms with Crippen molar-refractivity contribution in [3.05, 3.63) is 75.9 Å². The normalized spacial score (nSPS) is 13.2. The number of thiazole rings is 1. The smallest absolute Gasteiger partial charge is 0.342 e. The maximum absolute atomic E-state index is 12.6. The molecule has 1 aromatic carbocycles. The van der Waals surface area contributed by atoms with E-state index < -0.39 is 5.97 Å². The van der Waals surface area contributed by atoms with Gasteiger partial charge in [-0.1, -0.05) is 30.3 Å². The summed E-state index contributed by atoms with van der Waals surface area (Å²) >= 11 is 1.39. The number of nitrogens with one attached hydrogen (secondary N) is 1. The second kappa shape index (κ2) is 10.2. The van der Waals surface area contributed by atoms with Crippen LogP contribution in [0.25, 0.3) is 0 Å². The topological polar surface area (TPSA) is 84.4 Å². The fraction of sp³-hybridized carbons (Fsp3) is 0.304. The predicted octanol–water partition coefficient (Wildman–Crippen LogP) is 3.35. The third-order valence-corrected chi connectivity index (χ3v) is 5.90. The maximum atomic E-state index is 12.6. The monoisotopic (exact) mass is 436 g/mol. The van der Waals surface area contributed by atoms with E-state index >= 15 is 0 Å². The van der Waals surface area contributed by atoms with Crippen molar-refractivity contribution in [1.29, 1.82) is 0 Å². The Hall–Kier alpha value is -3.26. The molecule has 1 aliphatic heterocycles. The summed E-state index contributed by atoms with van der Waals surface area (Å²) in [4.78, 5) is 35.7. The van der Waals surface area contributed by atoms with Gasteiger partial charge in [-0.05, 0) is 30.5 Å². The minimum atomic E-state index is -0.412. The van der Waals surface area contributed by atoms with Gasteiger partial charge in [-0.25, -0.2) is 14.8 Å². The van der Waals surface area contributed by atoms with Crippen LogP contribution in [0.15, 0.2) is 54.0 Å². The number of carbonyl (C=O) groups is 2. The lowest BCUT2D eigenvalue weighted by Gasteiger charge is -2.18. The summed E-state index contributed by atoms with van der Waals surface area (Å²) in [6.07, 6.45) is 4.10. The van der Waals surface area contributed by atoms with Crippen molar-refractivity contribution in [2.24, 2.45) is 0 Å². The molecule has 0 unspecified atom stereocenters. The van der Waals surface area contributed by atoms with Crippen LogP contribution in [0.2, 0.25) is 0 Å². The lowest BCUT2D eigenvalue weighted by molar-refractivity contribution is -0.120. The SMILES string of the molecule is O=C(Cc1nc(COC(=O)c2cccnc2N2CCCC2)cs1)NCc1ccccc1. The van der Waals surface area contributed by atoms with Gasteiger partial charge in [-0.2, -0.15) is 0 Å². The average molecular weight is 437 g/mol. The van der Waals surface area contributed by atoms with Crippen molar-refractivity contribution in [3.63, 3.8) is 0 Å². The molecule has 3 heterocycles. The lowest BCUT2D eigenvalue weighted by atomic mass is 10.2. The summed E-state index contributed by atoms with van der Waals surface area (Å²) < 4.78 is 5.48. The van der Waals surface area contributed by atoms with E-state index in [0.717, 1.165) is 31.5 Å². The molecule has 0 saturated carbocycles. The van der Waals surface area contributed by atoms with Gasteiger partial charge in [-0.3, -0.25) is 4.79 Å². The molecular weight excluding hydrogens is 412 g/mol. The van der Waals surface area contributed by atoms with Crippen LogP contribution in [-0.2, 0) is 29.1 Å². The highest BCUT2D eigenvalue weighted by Crippen LogP contribution is 2.23. The number of aromatic nitrogens is 2. The van der Waals surface area contributed by atoms with Gasteiger partial charge in [0.2, 0.25) is 5.91 Å². The van der Waals surface area contributed by atoms with E-state index in [4.69, 9.17) is 4.74 Å². The molecule has 0 atom stereocenters. The first-order chi connectivity index (χ1) is 15.2. The number of benzene rings is 1. The molecule has 0 radical (unpaired) electrons. The number of amides is 1. The minimum absolute atomic E-state index is 0.0648. The Morgan fingerprint density at radius 3 is 2.71 bits per heavy atom. The van der Waals surface area contributed by atoms with E-state index in [0.29, 0.717) is 28.6 Å². The quantitative estimate of drug-likeness (QED) is 0.545. The van der Waals surface area contributed by atoms with Gasteiger partial charge in [0.1, 0.15) is 23.0 Å². The molecule has 1 saturated heterocycles. The Kier molecular flexibility index (Phi) is 6.89. The Morgan fingerprint density at radius 1 is 1.10 bits per heavy atom. The fourth-order valence-corrected chi connectivity index (χ4v) is 4.22. The minimum Gasteiger partial charge on any atom is -0.455 e. The summed E-state index contributed by atoms with van der Waals surface area (Å²) in [6.45, 7) is 2.35. The van der Waals surface area contributed by atoms with E-state index in [2.05, 4.69) is 20.2 Å². The largest absolute Gasteiger partial charge is 0.455 e. The van der Waals surface area contributed by atoms with Gasteiger partial charge < -0.3 is 15.0 Å². The van der Waals surface area contributed by atoms with Crippen LogP contribution in [0.4, 0.5) is 5.82 Å². The van der Waals surface area contributed by atoms with Gasteiger partial charge in [0.15, 0.2) is 0 Å². The summed E-state index contributed by atoms with van der Waals surface area (Å²) in [5, 5.41) is 5.40. The fourth-order valence-electron chi connectivity index (χ4n) is 3.45. The molecule has 1 aliphatic rings. The van der Waals surface area contributed by atoms with E-state index in [1.807, 2.05) is 35.7 Å². The Bertz CT molecular complexity index is 1030. The highest BCUT2D eigenvalue weighted by Gasteiger charge is 2.21. The third-order valence-electron chi connectivity index (χ3n) is 5.01. The highest BCUT2D eigenvalue weighted by molar-refractivity contribution is 7.09. The van der Waals surface area contributed by atoms with Crippen molar-refractivity contribution in [1.82, 2.24) is 15.3 Å².